The van der Waals surface area contributed by atoms with E-state index in [9.17, 15) is 0 Å². The lowest BCUT2D eigenvalue weighted by atomic mass is 10.3. The van der Waals surface area contributed by atoms with E-state index < -0.39 is 0 Å². The molecule has 1 aromatic heterocycles. The zero-order valence-corrected chi connectivity index (χ0v) is 13.1. The molecule has 4 nitrogen and oxygen atoms in total. The highest BCUT2D eigenvalue weighted by Gasteiger charge is 2.08. The lowest BCUT2D eigenvalue weighted by molar-refractivity contribution is 0.303. The fourth-order valence-electron chi connectivity index (χ4n) is 2.29. The summed E-state index contributed by atoms with van der Waals surface area (Å²) in [6, 6.07) is 15.8. The van der Waals surface area contributed by atoms with Crippen molar-refractivity contribution in [2.45, 2.75) is 13.0 Å². The Morgan fingerprint density at radius 2 is 1.95 bits per heavy atom. The second-order valence-corrected chi connectivity index (χ2v) is 5.69. The molecule has 0 unspecified atom stereocenters. The van der Waals surface area contributed by atoms with Crippen LogP contribution in [-0.2, 0) is 6.54 Å². The molecule has 5 heteroatoms. The molecule has 3 rings (SSSR count). The predicted molar refractivity (Wildman–Crippen MR) is 88.4 cm³/mol. The van der Waals surface area contributed by atoms with Crippen LogP contribution in [0, 0.1) is 0 Å². The molecule has 2 aromatic carbocycles. The van der Waals surface area contributed by atoms with Gasteiger partial charge in [0, 0.05) is 11.0 Å². The fraction of sp³-hybridized carbons (Fsp3) is 0.188. The summed E-state index contributed by atoms with van der Waals surface area (Å²) in [5.41, 5.74) is 7.95. The Hall–Kier alpha value is -2.01. The number of fused-ring (bicyclic) bond motifs is 1. The molecule has 0 atom stereocenters. The number of anilines is 1. The van der Waals surface area contributed by atoms with E-state index in [1.807, 2.05) is 53.1 Å². The van der Waals surface area contributed by atoms with Crippen molar-refractivity contribution in [1.82, 2.24) is 9.55 Å². The van der Waals surface area contributed by atoms with E-state index in [1.54, 1.807) is 0 Å². The van der Waals surface area contributed by atoms with E-state index in [4.69, 9.17) is 10.5 Å². The Balaban J connectivity index is 1.64. The Morgan fingerprint density at radius 3 is 2.76 bits per heavy atom. The molecule has 0 radical (unpaired) electrons. The summed E-state index contributed by atoms with van der Waals surface area (Å²) in [6.45, 7) is 1.44. The molecule has 0 fully saturated rings. The molecule has 0 spiro atoms. The van der Waals surface area contributed by atoms with Crippen LogP contribution in [0.5, 0.6) is 5.75 Å². The smallest absolute Gasteiger partial charge is 0.201 e. The third-order valence-corrected chi connectivity index (χ3v) is 3.77. The van der Waals surface area contributed by atoms with Crippen molar-refractivity contribution in [3.05, 3.63) is 53.0 Å². The zero-order valence-electron chi connectivity index (χ0n) is 11.5. The Morgan fingerprint density at radius 1 is 1.14 bits per heavy atom. The third kappa shape index (κ3) is 3.19. The molecule has 0 saturated carbocycles. The number of halogens is 1. The molecule has 108 valence electrons. The van der Waals surface area contributed by atoms with Gasteiger partial charge in [-0.05, 0) is 36.8 Å². The van der Waals surface area contributed by atoms with Gasteiger partial charge in [0.15, 0.2) is 0 Å². The van der Waals surface area contributed by atoms with Crippen LogP contribution in [0.3, 0.4) is 0 Å². The number of para-hydroxylation sites is 1. The number of hydrogen-bond donors (Lipinski definition) is 1. The normalized spacial score (nSPS) is 10.9. The highest BCUT2D eigenvalue weighted by molar-refractivity contribution is 9.10. The van der Waals surface area contributed by atoms with Crippen molar-refractivity contribution in [3.8, 4) is 5.75 Å². The Labute approximate surface area is 131 Å². The second-order valence-electron chi connectivity index (χ2n) is 4.77. The Kier molecular flexibility index (Phi) is 4.10. The summed E-state index contributed by atoms with van der Waals surface area (Å²) in [5.74, 6) is 1.44. The second kappa shape index (κ2) is 6.18. The van der Waals surface area contributed by atoms with Gasteiger partial charge in [0.2, 0.25) is 5.95 Å². The van der Waals surface area contributed by atoms with Gasteiger partial charge >= 0.3 is 0 Å². The van der Waals surface area contributed by atoms with Gasteiger partial charge < -0.3 is 15.0 Å². The van der Waals surface area contributed by atoms with E-state index in [2.05, 4.69) is 20.9 Å². The minimum absolute atomic E-state index is 0.544. The first-order chi connectivity index (χ1) is 10.2. The number of hydrogen-bond acceptors (Lipinski definition) is 3. The van der Waals surface area contributed by atoms with E-state index in [0.29, 0.717) is 12.6 Å². The summed E-state index contributed by atoms with van der Waals surface area (Å²) < 4.78 is 8.72. The highest BCUT2D eigenvalue weighted by atomic mass is 79.9. The molecule has 0 aliphatic heterocycles. The molecule has 0 aliphatic carbocycles. The summed E-state index contributed by atoms with van der Waals surface area (Å²) in [7, 11) is 0. The first-order valence-electron chi connectivity index (χ1n) is 6.83. The molecule has 21 heavy (non-hydrogen) atoms. The minimum atomic E-state index is 0.544. The van der Waals surface area contributed by atoms with Crippen molar-refractivity contribution in [1.29, 1.82) is 0 Å². The number of aromatic nitrogens is 2. The topological polar surface area (TPSA) is 53.1 Å². The van der Waals surface area contributed by atoms with Crippen LogP contribution in [0.25, 0.3) is 11.0 Å². The highest BCUT2D eigenvalue weighted by Crippen LogP contribution is 2.22. The van der Waals surface area contributed by atoms with Crippen molar-refractivity contribution < 1.29 is 4.74 Å². The maximum absolute atomic E-state index is 5.99. The summed E-state index contributed by atoms with van der Waals surface area (Å²) in [4.78, 5) is 4.38. The molecular formula is C16H16BrN3O. The van der Waals surface area contributed by atoms with Crippen molar-refractivity contribution in [2.24, 2.45) is 0 Å². The maximum atomic E-state index is 5.99. The average Bonchev–Trinajstić information content (AvgIpc) is 2.79. The average molecular weight is 346 g/mol. The Bertz CT molecular complexity index is 740. The van der Waals surface area contributed by atoms with Gasteiger partial charge in [-0.1, -0.05) is 34.1 Å². The summed E-state index contributed by atoms with van der Waals surface area (Å²) in [5, 5.41) is 0. The molecule has 3 aromatic rings. The summed E-state index contributed by atoms with van der Waals surface area (Å²) >= 11 is 3.45. The largest absolute Gasteiger partial charge is 0.494 e. The number of nitrogen functional groups attached to an aromatic ring is 1. The molecule has 0 bridgehead atoms. The number of nitrogens with two attached hydrogens (primary N) is 1. The number of rotatable bonds is 5. The fourth-order valence-corrected chi connectivity index (χ4v) is 2.63. The molecule has 0 amide bonds. The quantitative estimate of drug-likeness (QED) is 0.714. The van der Waals surface area contributed by atoms with Crippen LogP contribution in [0.1, 0.15) is 6.42 Å². The van der Waals surface area contributed by atoms with Gasteiger partial charge in [0.05, 0.1) is 17.6 Å². The van der Waals surface area contributed by atoms with Gasteiger partial charge in [-0.25, -0.2) is 4.98 Å². The summed E-state index contributed by atoms with van der Waals surface area (Å²) in [6.07, 6.45) is 0.876. The van der Waals surface area contributed by atoms with Crippen LogP contribution in [0.15, 0.2) is 53.0 Å². The van der Waals surface area contributed by atoms with E-state index in [0.717, 1.165) is 34.2 Å². The molecule has 0 saturated heterocycles. The van der Waals surface area contributed by atoms with Crippen LogP contribution >= 0.6 is 15.9 Å². The number of ether oxygens (including phenoxy) is 1. The zero-order chi connectivity index (χ0) is 14.7. The molecule has 2 N–H and O–H groups in total. The monoisotopic (exact) mass is 345 g/mol. The SMILES string of the molecule is Nc1nc2cc(Br)ccc2n1CCCOc1ccccc1. The van der Waals surface area contributed by atoms with Crippen LogP contribution < -0.4 is 10.5 Å². The lowest BCUT2D eigenvalue weighted by Crippen LogP contribution is -2.07. The predicted octanol–water partition coefficient (Wildman–Crippen LogP) is 3.85. The van der Waals surface area contributed by atoms with Crippen molar-refractivity contribution >= 4 is 32.9 Å². The maximum Gasteiger partial charge on any atom is 0.201 e. The molecule has 0 aliphatic rings. The van der Waals surface area contributed by atoms with Crippen LogP contribution in [0.2, 0.25) is 0 Å². The lowest BCUT2D eigenvalue weighted by Gasteiger charge is -2.08. The number of aryl methyl sites for hydroxylation is 1. The van der Waals surface area contributed by atoms with E-state index >= 15 is 0 Å². The van der Waals surface area contributed by atoms with Gasteiger partial charge in [-0.15, -0.1) is 0 Å². The van der Waals surface area contributed by atoms with Gasteiger partial charge in [-0.3, -0.25) is 0 Å². The van der Waals surface area contributed by atoms with Gasteiger partial charge in [0.25, 0.3) is 0 Å². The first kappa shape index (κ1) is 13.9. The van der Waals surface area contributed by atoms with E-state index in [-0.39, 0.29) is 0 Å². The van der Waals surface area contributed by atoms with Crippen LogP contribution in [0.4, 0.5) is 5.95 Å². The van der Waals surface area contributed by atoms with E-state index in [1.165, 1.54) is 0 Å². The number of imidazole rings is 1. The van der Waals surface area contributed by atoms with Crippen molar-refractivity contribution in [2.75, 3.05) is 12.3 Å². The van der Waals surface area contributed by atoms with Gasteiger partial charge in [0.1, 0.15) is 5.75 Å². The first-order valence-corrected chi connectivity index (χ1v) is 7.62. The standard InChI is InChI=1S/C16H16BrN3O/c17-12-7-8-15-14(11-12)19-16(18)20(15)9-4-10-21-13-5-2-1-3-6-13/h1-3,5-8,11H,4,9-10H2,(H2,18,19). The van der Waals surface area contributed by atoms with Crippen molar-refractivity contribution in [3.63, 3.8) is 0 Å². The minimum Gasteiger partial charge on any atom is -0.494 e. The van der Waals surface area contributed by atoms with Crippen LogP contribution in [-0.4, -0.2) is 16.2 Å². The molecular weight excluding hydrogens is 330 g/mol. The molecule has 1 heterocycles. The van der Waals surface area contributed by atoms with Gasteiger partial charge in [-0.2, -0.15) is 0 Å². The number of benzene rings is 2. The third-order valence-electron chi connectivity index (χ3n) is 3.28. The number of nitrogens with zero attached hydrogens (tertiary/aromatic N) is 2.